The maximum Gasteiger partial charge on any atom is 0.338 e. The van der Waals surface area contributed by atoms with Crippen molar-refractivity contribution in [1.82, 2.24) is 4.57 Å². The predicted molar refractivity (Wildman–Crippen MR) is 180 cm³/mol. The lowest BCUT2D eigenvalue weighted by atomic mass is 9.93. The fourth-order valence-corrected chi connectivity index (χ4v) is 7.53. The van der Waals surface area contributed by atoms with E-state index in [9.17, 15) is 14.0 Å². The molecule has 2 heterocycles. The molecule has 0 amide bonds. The molecule has 1 aliphatic heterocycles. The summed E-state index contributed by atoms with van der Waals surface area (Å²) in [5, 5.41) is 0. The van der Waals surface area contributed by atoms with E-state index in [1.54, 1.807) is 25.1 Å². The number of halogens is 3. The zero-order valence-corrected chi connectivity index (χ0v) is 27.9. The number of fused-ring (bicyclic) bond motifs is 1. The van der Waals surface area contributed by atoms with E-state index in [0.29, 0.717) is 47.5 Å². The lowest BCUT2D eigenvalue weighted by Crippen LogP contribution is -2.40. The molecule has 5 aromatic rings. The number of carbonyl (C=O) groups excluding carboxylic acids is 1. The number of hydrogen-bond donors (Lipinski definition) is 0. The highest BCUT2D eigenvalue weighted by Crippen LogP contribution is 2.37. The van der Waals surface area contributed by atoms with E-state index in [4.69, 9.17) is 14.5 Å². The zero-order chi connectivity index (χ0) is 31.5. The average molecular weight is 748 g/mol. The van der Waals surface area contributed by atoms with Gasteiger partial charge in [0.15, 0.2) is 4.80 Å². The molecule has 10 heteroatoms. The number of hydrogen-bond acceptors (Lipinski definition) is 6. The minimum absolute atomic E-state index is 0.139. The van der Waals surface area contributed by atoms with E-state index in [2.05, 4.69) is 31.9 Å². The van der Waals surface area contributed by atoms with E-state index < -0.39 is 17.8 Å². The van der Waals surface area contributed by atoms with Crippen LogP contribution >= 0.6 is 43.2 Å². The van der Waals surface area contributed by atoms with Crippen molar-refractivity contribution in [3.8, 4) is 5.75 Å². The maximum atomic E-state index is 14.1. The second-order valence-electron chi connectivity index (χ2n) is 10.1. The highest BCUT2D eigenvalue weighted by atomic mass is 79.9. The molecule has 0 saturated heterocycles. The molecule has 0 unspecified atom stereocenters. The molecule has 1 aromatic heterocycles. The van der Waals surface area contributed by atoms with E-state index in [1.807, 2.05) is 72.8 Å². The zero-order valence-electron chi connectivity index (χ0n) is 23.9. The number of benzene rings is 4. The summed E-state index contributed by atoms with van der Waals surface area (Å²) < 4.78 is 28.9. The SMILES string of the molecule is CCOC(=O)C1=C(c2ccccc2)N=c2s/c(=C\c3cc(Br)c(OCc4ccccc4)c(Br)c3)c(=O)n2[C@@H]1c1ccc(F)cc1. The molecule has 4 aromatic carbocycles. The number of aromatic nitrogens is 1. The third-order valence-electron chi connectivity index (χ3n) is 7.10. The average Bonchev–Trinajstić information content (AvgIpc) is 3.35. The van der Waals surface area contributed by atoms with Crippen LogP contribution in [0.5, 0.6) is 5.75 Å². The topological polar surface area (TPSA) is 69.9 Å². The Balaban J connectivity index is 1.49. The Hall–Kier alpha value is -4.12. The van der Waals surface area contributed by atoms with E-state index in [0.717, 1.165) is 11.1 Å². The molecular weight excluding hydrogens is 723 g/mol. The first-order valence-corrected chi connectivity index (χ1v) is 16.4. The number of thiazole rings is 1. The van der Waals surface area contributed by atoms with Crippen LogP contribution in [-0.2, 0) is 16.1 Å². The number of nitrogens with zero attached hydrogens (tertiary/aromatic N) is 2. The standard InChI is InChI=1S/C35H25Br2FN2O4S/c1-2-43-34(42)29-30(23-11-7-4-8-12-23)39-35-40(31(29)24-13-15-25(38)16-14-24)33(41)28(45-35)19-22-17-26(36)32(27(37)18-22)44-20-21-9-5-3-6-10-21/h3-19,31H,2,20H2,1H3/b28-19-/t31-/m1/s1. The fraction of sp³-hybridized carbons (Fsp3) is 0.114. The molecule has 1 atom stereocenters. The van der Waals surface area contributed by atoms with Crippen molar-refractivity contribution in [2.45, 2.75) is 19.6 Å². The molecule has 226 valence electrons. The first kappa shape index (κ1) is 30.9. The molecule has 1 aliphatic rings. The molecule has 0 aliphatic carbocycles. The number of esters is 1. The van der Waals surface area contributed by atoms with E-state index >= 15 is 0 Å². The summed E-state index contributed by atoms with van der Waals surface area (Å²) in [4.78, 5) is 32.9. The highest BCUT2D eigenvalue weighted by molar-refractivity contribution is 9.11. The summed E-state index contributed by atoms with van der Waals surface area (Å²) >= 11 is 8.45. The summed E-state index contributed by atoms with van der Waals surface area (Å²) in [6.45, 7) is 2.25. The van der Waals surface area contributed by atoms with Crippen molar-refractivity contribution in [3.05, 3.63) is 159 Å². The van der Waals surface area contributed by atoms with Crippen LogP contribution in [-0.4, -0.2) is 17.1 Å². The lowest BCUT2D eigenvalue weighted by Gasteiger charge is -2.25. The van der Waals surface area contributed by atoms with Gasteiger partial charge in [-0.3, -0.25) is 9.36 Å². The quantitative estimate of drug-likeness (QED) is 0.158. The third kappa shape index (κ3) is 6.49. The van der Waals surface area contributed by atoms with Gasteiger partial charge in [-0.05, 0) is 85.8 Å². The van der Waals surface area contributed by atoms with Crippen LogP contribution in [0.4, 0.5) is 4.39 Å². The Morgan fingerprint density at radius 2 is 1.62 bits per heavy atom. The van der Waals surface area contributed by atoms with Gasteiger partial charge < -0.3 is 9.47 Å². The minimum Gasteiger partial charge on any atom is -0.487 e. The molecule has 0 saturated carbocycles. The van der Waals surface area contributed by atoms with Crippen LogP contribution < -0.4 is 19.6 Å². The van der Waals surface area contributed by atoms with Gasteiger partial charge in [-0.1, -0.05) is 84.1 Å². The Morgan fingerprint density at radius 1 is 0.978 bits per heavy atom. The van der Waals surface area contributed by atoms with Gasteiger partial charge in [-0.2, -0.15) is 0 Å². The Morgan fingerprint density at radius 3 is 2.27 bits per heavy atom. The summed E-state index contributed by atoms with van der Waals surface area (Å²) in [6.07, 6.45) is 1.78. The van der Waals surface area contributed by atoms with Gasteiger partial charge in [0.2, 0.25) is 0 Å². The van der Waals surface area contributed by atoms with Crippen molar-refractivity contribution in [1.29, 1.82) is 0 Å². The Labute approximate surface area is 279 Å². The minimum atomic E-state index is -0.884. The maximum absolute atomic E-state index is 14.1. The first-order valence-electron chi connectivity index (χ1n) is 14.0. The van der Waals surface area contributed by atoms with Gasteiger partial charge in [0.25, 0.3) is 5.56 Å². The second-order valence-corrected chi connectivity index (χ2v) is 12.8. The van der Waals surface area contributed by atoms with Gasteiger partial charge in [0.05, 0.1) is 37.4 Å². The fourth-order valence-electron chi connectivity index (χ4n) is 5.08. The van der Waals surface area contributed by atoms with Crippen LogP contribution in [0.1, 0.15) is 35.2 Å². The lowest BCUT2D eigenvalue weighted by molar-refractivity contribution is -0.138. The molecule has 0 bridgehead atoms. The van der Waals surface area contributed by atoms with Crippen LogP contribution in [0.15, 0.2) is 121 Å². The normalized spacial score (nSPS) is 14.6. The van der Waals surface area contributed by atoms with Crippen LogP contribution in [0.25, 0.3) is 11.8 Å². The summed E-state index contributed by atoms with van der Waals surface area (Å²) in [5.41, 5.74) is 3.32. The summed E-state index contributed by atoms with van der Waals surface area (Å²) in [7, 11) is 0. The number of carbonyl (C=O) groups is 1. The molecule has 45 heavy (non-hydrogen) atoms. The Bertz CT molecular complexity index is 2070. The molecule has 6 nitrogen and oxygen atoms in total. The molecule has 0 spiro atoms. The second kappa shape index (κ2) is 13.5. The van der Waals surface area contributed by atoms with Crippen LogP contribution in [0.2, 0.25) is 0 Å². The first-order chi connectivity index (χ1) is 21.8. The molecule has 0 radical (unpaired) electrons. The van der Waals surface area contributed by atoms with Gasteiger partial charge in [0.1, 0.15) is 18.2 Å². The largest absolute Gasteiger partial charge is 0.487 e. The third-order valence-corrected chi connectivity index (χ3v) is 9.26. The van der Waals surface area contributed by atoms with Crippen molar-refractivity contribution in [2.75, 3.05) is 6.61 Å². The molecular formula is C35H25Br2FN2O4S. The monoisotopic (exact) mass is 746 g/mol. The molecule has 0 N–H and O–H groups in total. The van der Waals surface area contributed by atoms with Crippen LogP contribution in [0.3, 0.4) is 0 Å². The molecule has 6 rings (SSSR count). The number of rotatable bonds is 8. The van der Waals surface area contributed by atoms with Crippen molar-refractivity contribution in [2.24, 2.45) is 4.99 Å². The summed E-state index contributed by atoms with van der Waals surface area (Å²) in [6, 6.07) is 27.8. The van der Waals surface area contributed by atoms with E-state index in [-0.39, 0.29) is 17.7 Å². The Kier molecular flexibility index (Phi) is 9.25. The smallest absolute Gasteiger partial charge is 0.338 e. The number of ether oxygens (including phenoxy) is 2. The van der Waals surface area contributed by atoms with Crippen molar-refractivity contribution < 1.29 is 18.7 Å². The molecule has 0 fully saturated rings. The van der Waals surface area contributed by atoms with Gasteiger partial charge in [-0.25, -0.2) is 14.2 Å². The van der Waals surface area contributed by atoms with Gasteiger partial charge >= 0.3 is 5.97 Å². The van der Waals surface area contributed by atoms with E-state index in [1.165, 1.54) is 28.0 Å². The van der Waals surface area contributed by atoms with Crippen molar-refractivity contribution in [3.63, 3.8) is 0 Å². The van der Waals surface area contributed by atoms with Gasteiger partial charge in [0, 0.05) is 5.56 Å². The van der Waals surface area contributed by atoms with Gasteiger partial charge in [-0.15, -0.1) is 0 Å². The predicted octanol–water partition coefficient (Wildman–Crippen LogP) is 7.18. The highest BCUT2D eigenvalue weighted by Gasteiger charge is 2.35. The van der Waals surface area contributed by atoms with Crippen LogP contribution in [0, 0.1) is 5.82 Å². The van der Waals surface area contributed by atoms with Crippen molar-refractivity contribution >= 4 is 60.9 Å². The summed E-state index contributed by atoms with van der Waals surface area (Å²) in [5.74, 6) is -0.383.